The monoisotopic (exact) mass is 436 g/mol. The van der Waals surface area contributed by atoms with Crippen molar-refractivity contribution in [3.63, 3.8) is 0 Å². The average Bonchev–Trinajstić information content (AvgIpc) is 3.13. The Morgan fingerprint density at radius 1 is 1.13 bits per heavy atom. The second kappa shape index (κ2) is 9.78. The highest BCUT2D eigenvalue weighted by Gasteiger charge is 2.39. The van der Waals surface area contributed by atoms with E-state index < -0.39 is 47.5 Å². The minimum Gasteiger partial charge on any atom is -0.550 e. The molecular formula is C21H30N3O7-. The molecule has 2 aliphatic carbocycles. The Morgan fingerprint density at radius 2 is 1.84 bits per heavy atom. The average molecular weight is 436 g/mol. The van der Waals surface area contributed by atoms with Crippen molar-refractivity contribution < 1.29 is 34.5 Å². The molecule has 3 amide bonds. The summed E-state index contributed by atoms with van der Waals surface area (Å²) in [6, 6.07) is -1.66. The van der Waals surface area contributed by atoms with E-state index in [0.717, 1.165) is 19.3 Å². The fourth-order valence-corrected chi connectivity index (χ4v) is 4.85. The number of nitrogens with one attached hydrogen (secondary N) is 3. The SMILES string of the molecule is O=C([O-])CC1(CC(=O)N[C@@H]2C=C(C(=O)N[C@H]3CCCNC3=O)C[C@@H](O)[C@@H]2O)CCCC1. The van der Waals surface area contributed by atoms with Crippen LogP contribution in [0.3, 0.4) is 0 Å². The van der Waals surface area contributed by atoms with Crippen LogP contribution in [-0.4, -0.2) is 64.7 Å². The van der Waals surface area contributed by atoms with Gasteiger partial charge in [0.05, 0.1) is 12.1 Å². The number of carbonyl (C=O) groups is 4. The summed E-state index contributed by atoms with van der Waals surface area (Å²) in [6.07, 6.45) is 2.62. The Hall–Kier alpha value is -2.46. The van der Waals surface area contributed by atoms with E-state index in [1.807, 2.05) is 0 Å². The first kappa shape index (κ1) is 23.2. The van der Waals surface area contributed by atoms with Crippen LogP contribution in [0.15, 0.2) is 11.6 Å². The van der Waals surface area contributed by atoms with Gasteiger partial charge in [-0.1, -0.05) is 18.9 Å². The number of aliphatic hydroxyl groups is 2. The molecule has 0 unspecified atom stereocenters. The highest BCUT2D eigenvalue weighted by atomic mass is 16.4. The molecule has 10 nitrogen and oxygen atoms in total. The number of hydrogen-bond acceptors (Lipinski definition) is 7. The molecule has 0 aromatic rings. The molecule has 0 aromatic carbocycles. The highest BCUT2D eigenvalue weighted by Crippen LogP contribution is 2.43. The van der Waals surface area contributed by atoms with Crippen LogP contribution in [0.1, 0.15) is 57.8 Å². The fraction of sp³-hybridized carbons (Fsp3) is 0.714. The molecule has 3 rings (SSSR count). The predicted octanol–water partition coefficient (Wildman–Crippen LogP) is -1.99. The summed E-state index contributed by atoms with van der Waals surface area (Å²) in [7, 11) is 0. The Kier molecular flexibility index (Phi) is 7.32. The van der Waals surface area contributed by atoms with E-state index in [4.69, 9.17) is 0 Å². The van der Waals surface area contributed by atoms with E-state index in [0.29, 0.717) is 25.8 Å². The van der Waals surface area contributed by atoms with Crippen LogP contribution in [-0.2, 0) is 19.2 Å². The Morgan fingerprint density at radius 3 is 2.48 bits per heavy atom. The number of aliphatic carboxylic acids is 1. The Labute approximate surface area is 180 Å². The van der Waals surface area contributed by atoms with Crippen molar-refractivity contribution in [3.05, 3.63) is 11.6 Å². The summed E-state index contributed by atoms with van der Waals surface area (Å²) < 4.78 is 0. The van der Waals surface area contributed by atoms with Crippen LogP contribution >= 0.6 is 0 Å². The van der Waals surface area contributed by atoms with Gasteiger partial charge in [-0.15, -0.1) is 0 Å². The number of carboxylic acid groups (broad SMARTS) is 1. The number of carbonyl (C=O) groups excluding carboxylic acids is 4. The Bertz CT molecular complexity index is 760. The molecule has 4 atom stereocenters. The summed E-state index contributed by atoms with van der Waals surface area (Å²) in [5.74, 6) is -2.45. The number of aliphatic hydroxyl groups excluding tert-OH is 2. The quantitative estimate of drug-likeness (QED) is 0.308. The van der Waals surface area contributed by atoms with Gasteiger partial charge in [0.2, 0.25) is 17.7 Å². The second-order valence-corrected chi connectivity index (χ2v) is 8.94. The third-order valence-corrected chi connectivity index (χ3v) is 6.50. The lowest BCUT2D eigenvalue weighted by atomic mass is 9.79. The van der Waals surface area contributed by atoms with E-state index in [2.05, 4.69) is 16.0 Å². The lowest BCUT2D eigenvalue weighted by Gasteiger charge is -2.33. The zero-order valence-corrected chi connectivity index (χ0v) is 17.4. The molecule has 0 aromatic heterocycles. The molecule has 10 heteroatoms. The lowest BCUT2D eigenvalue weighted by Crippen LogP contribution is -2.53. The molecule has 5 N–H and O–H groups in total. The van der Waals surface area contributed by atoms with E-state index in [-0.39, 0.29) is 30.7 Å². The summed E-state index contributed by atoms with van der Waals surface area (Å²) in [5, 5.41) is 39.6. The van der Waals surface area contributed by atoms with Crippen LogP contribution < -0.4 is 21.1 Å². The first-order valence-electron chi connectivity index (χ1n) is 10.8. The van der Waals surface area contributed by atoms with Gasteiger partial charge in [0.1, 0.15) is 12.1 Å². The molecule has 0 bridgehead atoms. The largest absolute Gasteiger partial charge is 0.550 e. The van der Waals surface area contributed by atoms with Crippen molar-refractivity contribution in [2.24, 2.45) is 5.41 Å². The molecule has 1 saturated carbocycles. The van der Waals surface area contributed by atoms with Gasteiger partial charge in [0.25, 0.3) is 0 Å². The van der Waals surface area contributed by atoms with Gasteiger partial charge in [-0.05, 0) is 37.5 Å². The van der Waals surface area contributed by atoms with Gasteiger partial charge < -0.3 is 36.1 Å². The molecule has 1 aliphatic heterocycles. The van der Waals surface area contributed by atoms with Crippen LogP contribution in [0.4, 0.5) is 0 Å². The number of carboxylic acids is 1. The minimum absolute atomic E-state index is 0.0299. The van der Waals surface area contributed by atoms with E-state index >= 15 is 0 Å². The van der Waals surface area contributed by atoms with E-state index in [9.17, 15) is 34.5 Å². The Balaban J connectivity index is 1.66. The van der Waals surface area contributed by atoms with Crippen molar-refractivity contribution in [1.29, 1.82) is 0 Å². The smallest absolute Gasteiger partial charge is 0.247 e. The topological polar surface area (TPSA) is 168 Å². The maximum Gasteiger partial charge on any atom is 0.247 e. The molecule has 0 radical (unpaired) electrons. The molecule has 172 valence electrons. The highest BCUT2D eigenvalue weighted by molar-refractivity contribution is 5.97. The third kappa shape index (κ3) is 5.82. The van der Waals surface area contributed by atoms with Crippen LogP contribution in [0.25, 0.3) is 0 Å². The zero-order valence-electron chi connectivity index (χ0n) is 17.4. The van der Waals surface area contributed by atoms with E-state index in [1.165, 1.54) is 6.08 Å². The van der Waals surface area contributed by atoms with Gasteiger partial charge in [0, 0.05) is 30.9 Å². The number of hydrogen-bond donors (Lipinski definition) is 5. The molecule has 3 aliphatic rings. The lowest BCUT2D eigenvalue weighted by molar-refractivity contribution is -0.308. The van der Waals surface area contributed by atoms with Gasteiger partial charge >= 0.3 is 0 Å². The van der Waals surface area contributed by atoms with Gasteiger partial charge in [-0.3, -0.25) is 14.4 Å². The summed E-state index contributed by atoms with van der Waals surface area (Å²) in [6.45, 7) is 0.562. The van der Waals surface area contributed by atoms with E-state index in [1.54, 1.807) is 0 Å². The van der Waals surface area contributed by atoms with Crippen molar-refractivity contribution in [3.8, 4) is 0 Å². The number of piperidine rings is 1. The molecule has 0 spiro atoms. The van der Waals surface area contributed by atoms with Crippen LogP contribution in [0.2, 0.25) is 0 Å². The number of amides is 3. The summed E-state index contributed by atoms with van der Waals surface area (Å²) in [4.78, 5) is 48.3. The molecule has 31 heavy (non-hydrogen) atoms. The standard InChI is InChI=1S/C21H31N3O7/c25-15-9-12(19(30)24-13-4-3-7-22-20(13)31)8-14(18(15)29)23-16(26)10-21(11-17(27)28)5-1-2-6-21/h8,13-15,18,25,29H,1-7,9-11H2,(H,22,31)(H,23,26)(H,24,30)(H,27,28)/p-1/t13-,14+,15+,18+/m0/s1. The van der Waals surface area contributed by atoms with Crippen LogP contribution in [0.5, 0.6) is 0 Å². The van der Waals surface area contributed by atoms with Crippen molar-refractivity contribution in [2.45, 2.75) is 82.1 Å². The minimum atomic E-state index is -1.31. The first-order chi connectivity index (χ1) is 14.7. The normalized spacial score (nSPS) is 30.1. The predicted molar refractivity (Wildman–Crippen MR) is 106 cm³/mol. The summed E-state index contributed by atoms with van der Waals surface area (Å²) >= 11 is 0. The fourth-order valence-electron chi connectivity index (χ4n) is 4.85. The van der Waals surface area contributed by atoms with Crippen molar-refractivity contribution in [2.75, 3.05) is 6.54 Å². The molecule has 1 saturated heterocycles. The van der Waals surface area contributed by atoms with Gasteiger partial charge in [0.15, 0.2) is 0 Å². The van der Waals surface area contributed by atoms with Crippen molar-refractivity contribution in [1.82, 2.24) is 16.0 Å². The molecule has 2 fully saturated rings. The molecule has 1 heterocycles. The van der Waals surface area contributed by atoms with Gasteiger partial charge in [-0.25, -0.2) is 0 Å². The summed E-state index contributed by atoms with van der Waals surface area (Å²) in [5.41, 5.74) is -0.494. The third-order valence-electron chi connectivity index (χ3n) is 6.50. The first-order valence-corrected chi connectivity index (χ1v) is 10.8. The van der Waals surface area contributed by atoms with Gasteiger partial charge in [-0.2, -0.15) is 0 Å². The molecular weight excluding hydrogens is 406 g/mol. The maximum atomic E-state index is 12.6. The van der Waals surface area contributed by atoms with Crippen molar-refractivity contribution >= 4 is 23.7 Å². The second-order valence-electron chi connectivity index (χ2n) is 8.94. The maximum absolute atomic E-state index is 12.6. The van der Waals surface area contributed by atoms with Crippen LogP contribution in [0, 0.1) is 5.41 Å². The number of rotatable bonds is 7. The zero-order chi connectivity index (χ0) is 22.6.